The molecule has 0 radical (unpaired) electrons. The normalized spacial score (nSPS) is 22.2. The first-order chi connectivity index (χ1) is 7.59. The Labute approximate surface area is 98.2 Å². The van der Waals surface area contributed by atoms with Crippen LogP contribution in [0, 0.1) is 5.92 Å². The van der Waals surface area contributed by atoms with E-state index in [0.29, 0.717) is 18.0 Å². The van der Waals surface area contributed by atoms with Crippen LogP contribution in [0.4, 0.5) is 0 Å². The van der Waals surface area contributed by atoms with Crippen molar-refractivity contribution < 1.29 is 0 Å². The van der Waals surface area contributed by atoms with E-state index in [4.69, 9.17) is 0 Å². The van der Waals surface area contributed by atoms with Crippen LogP contribution in [0.15, 0.2) is 6.20 Å². The molecular weight excluding hydrogens is 198 g/mol. The van der Waals surface area contributed by atoms with Gasteiger partial charge < -0.3 is 5.32 Å². The zero-order valence-electron chi connectivity index (χ0n) is 10.8. The van der Waals surface area contributed by atoms with Crippen LogP contribution in [0.1, 0.15) is 50.9 Å². The van der Waals surface area contributed by atoms with Crippen LogP contribution < -0.4 is 5.32 Å². The van der Waals surface area contributed by atoms with Gasteiger partial charge in [-0.3, -0.25) is 4.68 Å². The molecule has 1 aliphatic rings. The fourth-order valence-electron chi connectivity index (χ4n) is 2.39. The Morgan fingerprint density at radius 3 is 2.88 bits per heavy atom. The number of fused-ring (bicyclic) bond motifs is 1. The van der Waals surface area contributed by atoms with Gasteiger partial charge in [0.2, 0.25) is 0 Å². The Morgan fingerprint density at radius 1 is 1.44 bits per heavy atom. The van der Waals surface area contributed by atoms with Gasteiger partial charge in [0.15, 0.2) is 0 Å². The number of hydrogen-bond donors (Lipinski definition) is 1. The van der Waals surface area contributed by atoms with E-state index in [1.807, 2.05) is 17.9 Å². The van der Waals surface area contributed by atoms with Gasteiger partial charge in [-0.25, -0.2) is 0 Å². The number of nitrogens with zero attached hydrogens (tertiary/aromatic N) is 2. The van der Waals surface area contributed by atoms with Gasteiger partial charge in [-0.15, -0.1) is 0 Å². The lowest BCUT2D eigenvalue weighted by Gasteiger charge is -2.28. The minimum atomic E-state index is 0.509. The van der Waals surface area contributed by atoms with E-state index in [1.54, 1.807) is 0 Å². The van der Waals surface area contributed by atoms with E-state index >= 15 is 0 Å². The molecule has 0 aliphatic heterocycles. The highest BCUT2D eigenvalue weighted by molar-refractivity contribution is 5.24. The standard InChI is InChI=1S/C13H23N3/c1-9(2)10(3)15-12-6-5-7-13-11(12)8-14-16(13)4/h8-10,12,15H,5-7H2,1-4H3. The maximum absolute atomic E-state index is 4.38. The smallest absolute Gasteiger partial charge is 0.0540 e. The molecule has 16 heavy (non-hydrogen) atoms. The predicted octanol–water partition coefficient (Wildman–Crippen LogP) is 2.43. The van der Waals surface area contributed by atoms with Crippen LogP contribution in [0.3, 0.4) is 0 Å². The third kappa shape index (κ3) is 2.14. The third-order valence-corrected chi connectivity index (χ3v) is 3.84. The molecule has 1 heterocycles. The molecule has 0 aromatic carbocycles. The fraction of sp³-hybridized carbons (Fsp3) is 0.769. The number of aromatic nitrogens is 2. The van der Waals surface area contributed by atoms with E-state index in [1.165, 1.54) is 30.5 Å². The molecule has 1 aromatic heterocycles. The van der Waals surface area contributed by atoms with Crippen LogP contribution in [0.5, 0.6) is 0 Å². The van der Waals surface area contributed by atoms with Crippen LogP contribution in [0.25, 0.3) is 0 Å². The van der Waals surface area contributed by atoms with Crippen molar-refractivity contribution in [2.75, 3.05) is 0 Å². The second kappa shape index (κ2) is 4.58. The van der Waals surface area contributed by atoms with E-state index in [0.717, 1.165) is 0 Å². The summed E-state index contributed by atoms with van der Waals surface area (Å²) in [5.41, 5.74) is 2.83. The molecule has 2 atom stereocenters. The second-order valence-corrected chi connectivity index (χ2v) is 5.31. The van der Waals surface area contributed by atoms with Crippen LogP contribution in [-0.4, -0.2) is 15.8 Å². The van der Waals surface area contributed by atoms with Gasteiger partial charge in [0.1, 0.15) is 0 Å². The van der Waals surface area contributed by atoms with Gasteiger partial charge in [-0.2, -0.15) is 5.10 Å². The molecule has 0 saturated carbocycles. The zero-order valence-corrected chi connectivity index (χ0v) is 10.8. The van der Waals surface area contributed by atoms with E-state index in [9.17, 15) is 0 Å². The molecule has 0 fully saturated rings. The lowest BCUT2D eigenvalue weighted by molar-refractivity contribution is 0.349. The number of hydrogen-bond acceptors (Lipinski definition) is 2. The largest absolute Gasteiger partial charge is 0.307 e. The van der Waals surface area contributed by atoms with Crippen molar-refractivity contribution in [2.24, 2.45) is 13.0 Å². The molecule has 0 amide bonds. The Morgan fingerprint density at radius 2 is 2.19 bits per heavy atom. The summed E-state index contributed by atoms with van der Waals surface area (Å²) < 4.78 is 2.03. The first-order valence-corrected chi connectivity index (χ1v) is 6.36. The summed E-state index contributed by atoms with van der Waals surface area (Å²) >= 11 is 0. The molecule has 2 rings (SSSR count). The van der Waals surface area contributed by atoms with E-state index in [-0.39, 0.29) is 0 Å². The highest BCUT2D eigenvalue weighted by atomic mass is 15.3. The SMILES string of the molecule is CC(C)C(C)NC1CCCc2c1cnn2C. The van der Waals surface area contributed by atoms with Gasteiger partial charge >= 0.3 is 0 Å². The average molecular weight is 221 g/mol. The van der Waals surface area contributed by atoms with Crippen molar-refractivity contribution in [1.82, 2.24) is 15.1 Å². The topological polar surface area (TPSA) is 29.9 Å². The molecule has 0 spiro atoms. The van der Waals surface area contributed by atoms with Crippen LogP contribution in [0.2, 0.25) is 0 Å². The number of rotatable bonds is 3. The Bertz CT molecular complexity index is 354. The van der Waals surface area contributed by atoms with E-state index < -0.39 is 0 Å². The van der Waals surface area contributed by atoms with Crippen molar-refractivity contribution in [3.8, 4) is 0 Å². The maximum atomic E-state index is 4.38. The fourth-order valence-corrected chi connectivity index (χ4v) is 2.39. The Kier molecular flexibility index (Phi) is 3.33. The quantitative estimate of drug-likeness (QED) is 0.849. The summed E-state index contributed by atoms with van der Waals surface area (Å²) in [6, 6.07) is 1.08. The molecular formula is C13H23N3. The molecule has 1 aromatic rings. The van der Waals surface area contributed by atoms with Crippen molar-refractivity contribution >= 4 is 0 Å². The van der Waals surface area contributed by atoms with Crippen molar-refractivity contribution in [1.29, 1.82) is 0 Å². The molecule has 3 heteroatoms. The van der Waals surface area contributed by atoms with Gasteiger partial charge in [0.25, 0.3) is 0 Å². The highest BCUT2D eigenvalue weighted by Crippen LogP contribution is 2.29. The zero-order chi connectivity index (χ0) is 11.7. The predicted molar refractivity (Wildman–Crippen MR) is 66.3 cm³/mol. The molecule has 2 unspecified atom stereocenters. The minimum absolute atomic E-state index is 0.509. The van der Waals surface area contributed by atoms with Crippen molar-refractivity contribution in [2.45, 2.75) is 52.1 Å². The number of nitrogens with one attached hydrogen (secondary N) is 1. The average Bonchev–Trinajstić information content (AvgIpc) is 2.62. The first-order valence-electron chi connectivity index (χ1n) is 6.36. The molecule has 90 valence electrons. The van der Waals surface area contributed by atoms with Gasteiger partial charge in [0, 0.05) is 30.4 Å². The summed E-state index contributed by atoms with van der Waals surface area (Å²) in [5.74, 6) is 0.682. The van der Waals surface area contributed by atoms with Gasteiger partial charge in [-0.1, -0.05) is 13.8 Å². The first kappa shape index (κ1) is 11.6. The van der Waals surface area contributed by atoms with E-state index in [2.05, 4.69) is 31.2 Å². The number of aryl methyl sites for hydroxylation is 1. The monoisotopic (exact) mass is 221 g/mol. The molecule has 3 nitrogen and oxygen atoms in total. The Hall–Kier alpha value is -0.830. The molecule has 0 bridgehead atoms. The summed E-state index contributed by atoms with van der Waals surface area (Å²) in [6.45, 7) is 6.81. The second-order valence-electron chi connectivity index (χ2n) is 5.31. The molecule has 0 saturated heterocycles. The summed E-state index contributed by atoms with van der Waals surface area (Å²) in [5, 5.41) is 8.11. The lowest BCUT2D eigenvalue weighted by Crippen LogP contribution is -2.35. The van der Waals surface area contributed by atoms with Crippen molar-refractivity contribution in [3.63, 3.8) is 0 Å². The maximum Gasteiger partial charge on any atom is 0.0540 e. The third-order valence-electron chi connectivity index (χ3n) is 3.84. The molecule has 1 N–H and O–H groups in total. The minimum Gasteiger partial charge on any atom is -0.307 e. The highest BCUT2D eigenvalue weighted by Gasteiger charge is 2.24. The lowest BCUT2D eigenvalue weighted by atomic mass is 9.91. The van der Waals surface area contributed by atoms with Crippen LogP contribution in [-0.2, 0) is 13.5 Å². The van der Waals surface area contributed by atoms with Crippen LogP contribution >= 0.6 is 0 Å². The summed E-state index contributed by atoms with van der Waals surface area (Å²) in [4.78, 5) is 0. The Balaban J connectivity index is 2.13. The summed E-state index contributed by atoms with van der Waals surface area (Å²) in [6.07, 6.45) is 5.74. The van der Waals surface area contributed by atoms with Gasteiger partial charge in [-0.05, 0) is 32.1 Å². The van der Waals surface area contributed by atoms with Crippen molar-refractivity contribution in [3.05, 3.63) is 17.5 Å². The van der Waals surface area contributed by atoms with Gasteiger partial charge in [0.05, 0.1) is 6.20 Å². The summed E-state index contributed by atoms with van der Waals surface area (Å²) in [7, 11) is 2.05. The molecule has 1 aliphatic carbocycles.